The molecule has 3 aliphatic rings. The number of imide groups is 1. The van der Waals surface area contributed by atoms with Gasteiger partial charge in [0.15, 0.2) is 0 Å². The molecule has 5 heteroatoms. The predicted octanol–water partition coefficient (Wildman–Crippen LogP) is 3.75. The lowest BCUT2D eigenvalue weighted by Gasteiger charge is -2.33. The summed E-state index contributed by atoms with van der Waals surface area (Å²) >= 11 is 0. The van der Waals surface area contributed by atoms with Gasteiger partial charge in [-0.25, -0.2) is 4.79 Å². The van der Waals surface area contributed by atoms with Crippen molar-refractivity contribution < 1.29 is 9.59 Å². The maximum atomic E-state index is 13.1. The summed E-state index contributed by atoms with van der Waals surface area (Å²) in [5, 5.41) is 1.18. The number of fused-ring (bicyclic) bond motifs is 4. The number of nitrogens with zero attached hydrogens (tertiary/aromatic N) is 2. The number of hydrogen-bond donors (Lipinski definition) is 1. The van der Waals surface area contributed by atoms with Crippen molar-refractivity contribution in [2.24, 2.45) is 0 Å². The van der Waals surface area contributed by atoms with Crippen LogP contribution in [-0.2, 0) is 11.2 Å². The number of para-hydroxylation sites is 1. The van der Waals surface area contributed by atoms with Crippen LogP contribution in [0.3, 0.4) is 0 Å². The molecular formula is C20H23N3O2. The lowest BCUT2D eigenvalue weighted by molar-refractivity contribution is -0.130. The predicted molar refractivity (Wildman–Crippen MR) is 95.2 cm³/mol. The number of hydrogen-bond acceptors (Lipinski definition) is 2. The van der Waals surface area contributed by atoms with Gasteiger partial charge in [-0.05, 0) is 31.4 Å². The molecule has 3 amide bonds. The number of aromatic amines is 1. The number of carbonyl (C=O) groups excluding carboxylic acids is 2. The zero-order chi connectivity index (χ0) is 17.1. The molecule has 1 aliphatic carbocycles. The number of urea groups is 1. The third-order valence-corrected chi connectivity index (χ3v) is 6.30. The van der Waals surface area contributed by atoms with Crippen molar-refractivity contribution in [3.63, 3.8) is 0 Å². The molecule has 3 heterocycles. The number of rotatable bonds is 1. The normalized spacial score (nSPS) is 27.1. The van der Waals surface area contributed by atoms with E-state index in [1.54, 1.807) is 4.90 Å². The first kappa shape index (κ1) is 15.0. The first-order valence-corrected chi connectivity index (χ1v) is 9.41. The highest BCUT2D eigenvalue weighted by Gasteiger charge is 2.52. The molecule has 0 radical (unpaired) electrons. The molecule has 2 atom stereocenters. The number of nitrogens with one attached hydrogen (secondary N) is 1. The van der Waals surface area contributed by atoms with E-state index in [4.69, 9.17) is 0 Å². The summed E-state index contributed by atoms with van der Waals surface area (Å²) in [6.07, 6.45) is 5.99. The van der Waals surface area contributed by atoms with Gasteiger partial charge in [-0.2, -0.15) is 0 Å². The Bertz CT molecular complexity index is 865. The number of H-pyrrole nitrogens is 1. The van der Waals surface area contributed by atoms with Crippen LogP contribution in [0.1, 0.15) is 56.3 Å². The number of carbonyl (C=O) groups is 2. The van der Waals surface area contributed by atoms with Crippen molar-refractivity contribution in [2.45, 2.75) is 63.6 Å². The van der Waals surface area contributed by atoms with E-state index < -0.39 is 0 Å². The minimum atomic E-state index is -0.337. The van der Waals surface area contributed by atoms with Crippen LogP contribution < -0.4 is 0 Å². The van der Waals surface area contributed by atoms with Crippen LogP contribution in [0.25, 0.3) is 10.9 Å². The number of amides is 3. The van der Waals surface area contributed by atoms with Crippen LogP contribution in [0, 0.1) is 0 Å². The van der Waals surface area contributed by atoms with Gasteiger partial charge in [0.1, 0.15) is 6.04 Å². The monoisotopic (exact) mass is 337 g/mol. The average Bonchev–Trinajstić information content (AvgIpc) is 3.13. The molecular weight excluding hydrogens is 314 g/mol. The second-order valence-corrected chi connectivity index (χ2v) is 7.65. The Morgan fingerprint density at radius 3 is 2.64 bits per heavy atom. The molecule has 0 bridgehead atoms. The van der Waals surface area contributed by atoms with E-state index >= 15 is 0 Å². The maximum Gasteiger partial charge on any atom is 0.328 e. The minimum absolute atomic E-state index is 0.0136. The van der Waals surface area contributed by atoms with Gasteiger partial charge in [-0.3, -0.25) is 9.69 Å². The summed E-state index contributed by atoms with van der Waals surface area (Å²) in [6.45, 7) is 2.04. The van der Waals surface area contributed by atoms with E-state index in [-0.39, 0.29) is 30.1 Å². The molecule has 5 nitrogen and oxygen atoms in total. The van der Waals surface area contributed by atoms with E-state index in [1.807, 2.05) is 24.0 Å². The lowest BCUT2D eigenvalue weighted by Crippen LogP contribution is -2.43. The molecule has 25 heavy (non-hydrogen) atoms. The average molecular weight is 337 g/mol. The molecule has 2 aliphatic heterocycles. The smallest absolute Gasteiger partial charge is 0.328 e. The molecule has 1 saturated heterocycles. The van der Waals surface area contributed by atoms with Crippen molar-refractivity contribution in [1.82, 2.24) is 14.8 Å². The summed E-state index contributed by atoms with van der Waals surface area (Å²) < 4.78 is 0. The zero-order valence-electron chi connectivity index (χ0n) is 14.5. The Kier molecular flexibility index (Phi) is 3.21. The Labute approximate surface area is 147 Å². The first-order valence-electron chi connectivity index (χ1n) is 9.41. The minimum Gasteiger partial charge on any atom is -0.356 e. The topological polar surface area (TPSA) is 56.4 Å². The highest BCUT2D eigenvalue weighted by molar-refractivity contribution is 6.05. The fraction of sp³-hybridized carbons (Fsp3) is 0.500. The summed E-state index contributed by atoms with van der Waals surface area (Å²) in [7, 11) is 0. The summed E-state index contributed by atoms with van der Waals surface area (Å²) in [4.78, 5) is 33.1. The molecule has 1 aromatic carbocycles. The van der Waals surface area contributed by atoms with Gasteiger partial charge in [0, 0.05) is 29.1 Å². The summed E-state index contributed by atoms with van der Waals surface area (Å²) in [6, 6.07) is 7.79. The number of aromatic nitrogens is 1. The third kappa shape index (κ3) is 2.01. The van der Waals surface area contributed by atoms with Gasteiger partial charge in [0.25, 0.3) is 5.91 Å². The first-order chi connectivity index (χ1) is 12.2. The van der Waals surface area contributed by atoms with Crippen LogP contribution in [0.2, 0.25) is 0 Å². The molecule has 130 valence electrons. The molecule has 1 saturated carbocycles. The van der Waals surface area contributed by atoms with Crippen LogP contribution in [0.15, 0.2) is 24.3 Å². The largest absolute Gasteiger partial charge is 0.356 e. The zero-order valence-corrected chi connectivity index (χ0v) is 14.5. The Morgan fingerprint density at radius 1 is 1.08 bits per heavy atom. The Hall–Kier alpha value is -2.30. The molecule has 2 aromatic rings. The maximum absolute atomic E-state index is 13.1. The SMILES string of the molecule is CC1c2[nH]c3ccccc3c2CC2C(=O)N(C3CCCCC3)C(=O)N21. The van der Waals surface area contributed by atoms with Gasteiger partial charge in [-0.1, -0.05) is 37.5 Å². The fourth-order valence-electron chi connectivity index (χ4n) is 5.06. The van der Waals surface area contributed by atoms with E-state index in [2.05, 4.69) is 17.1 Å². The molecule has 5 rings (SSSR count). The van der Waals surface area contributed by atoms with Gasteiger partial charge >= 0.3 is 6.03 Å². The molecule has 2 unspecified atom stereocenters. The van der Waals surface area contributed by atoms with Crippen molar-refractivity contribution in [3.05, 3.63) is 35.5 Å². The standard InChI is InChI=1S/C20H23N3O2/c1-12-18-15(14-9-5-6-10-16(14)21-18)11-17-19(24)23(20(25)22(12)17)13-7-3-2-4-8-13/h5-6,9-10,12-13,17,21H,2-4,7-8,11H2,1H3. The summed E-state index contributed by atoms with van der Waals surface area (Å²) in [5.74, 6) is 0.0136. The molecule has 0 spiro atoms. The Morgan fingerprint density at radius 2 is 1.84 bits per heavy atom. The highest BCUT2D eigenvalue weighted by atomic mass is 16.2. The summed E-state index contributed by atoms with van der Waals surface area (Å²) in [5.41, 5.74) is 3.38. The highest BCUT2D eigenvalue weighted by Crippen LogP contribution is 2.42. The fourth-order valence-corrected chi connectivity index (χ4v) is 5.06. The van der Waals surface area contributed by atoms with Crippen molar-refractivity contribution in [2.75, 3.05) is 0 Å². The quantitative estimate of drug-likeness (QED) is 0.806. The van der Waals surface area contributed by atoms with Gasteiger partial charge in [0.05, 0.1) is 6.04 Å². The van der Waals surface area contributed by atoms with Crippen LogP contribution in [0.4, 0.5) is 4.79 Å². The van der Waals surface area contributed by atoms with Gasteiger partial charge in [0.2, 0.25) is 0 Å². The molecule has 2 fully saturated rings. The van der Waals surface area contributed by atoms with Crippen LogP contribution >= 0.6 is 0 Å². The third-order valence-electron chi connectivity index (χ3n) is 6.30. The molecule has 1 aromatic heterocycles. The van der Waals surface area contributed by atoms with E-state index in [1.165, 1.54) is 17.4 Å². The second kappa shape index (κ2) is 5.35. The second-order valence-electron chi connectivity index (χ2n) is 7.65. The van der Waals surface area contributed by atoms with E-state index in [0.29, 0.717) is 6.42 Å². The molecule has 1 N–H and O–H groups in total. The van der Waals surface area contributed by atoms with Gasteiger partial charge in [-0.15, -0.1) is 0 Å². The number of benzene rings is 1. The Balaban J connectivity index is 1.55. The van der Waals surface area contributed by atoms with Crippen molar-refractivity contribution in [1.29, 1.82) is 0 Å². The van der Waals surface area contributed by atoms with E-state index in [9.17, 15) is 9.59 Å². The van der Waals surface area contributed by atoms with Crippen molar-refractivity contribution in [3.8, 4) is 0 Å². The van der Waals surface area contributed by atoms with E-state index in [0.717, 1.165) is 36.9 Å². The van der Waals surface area contributed by atoms with Crippen molar-refractivity contribution >= 4 is 22.8 Å². The van der Waals surface area contributed by atoms with Crippen LogP contribution in [0.5, 0.6) is 0 Å². The lowest BCUT2D eigenvalue weighted by atomic mass is 9.92. The van der Waals surface area contributed by atoms with Crippen LogP contribution in [-0.4, -0.2) is 38.8 Å². The van der Waals surface area contributed by atoms with Gasteiger partial charge < -0.3 is 9.88 Å².